The van der Waals surface area contributed by atoms with Crippen LogP contribution in [0.5, 0.6) is 0 Å². The second kappa shape index (κ2) is 11.0. The van der Waals surface area contributed by atoms with Crippen LogP contribution in [-0.4, -0.2) is 66.7 Å². The predicted octanol–water partition coefficient (Wildman–Crippen LogP) is 3.64. The number of benzene rings is 2. The zero-order valence-electron chi connectivity index (χ0n) is 21.7. The second-order valence-corrected chi connectivity index (χ2v) is 9.50. The molecular weight excluding hydrogens is 490 g/mol. The normalized spacial score (nSPS) is 15.5. The Bertz CT molecular complexity index is 1360. The molecular formula is C28H32F2N6O2. The molecule has 5 rings (SSSR count). The predicted molar refractivity (Wildman–Crippen MR) is 143 cm³/mol. The first-order chi connectivity index (χ1) is 18.4. The first kappa shape index (κ1) is 26.0. The van der Waals surface area contributed by atoms with Gasteiger partial charge < -0.3 is 20.7 Å². The summed E-state index contributed by atoms with van der Waals surface area (Å²) in [5, 5.41) is 2.65. The fourth-order valence-electron chi connectivity index (χ4n) is 5.13. The van der Waals surface area contributed by atoms with Gasteiger partial charge in [0.05, 0.1) is 18.8 Å². The van der Waals surface area contributed by atoms with Crippen molar-refractivity contribution in [1.82, 2.24) is 20.2 Å². The highest BCUT2D eigenvalue weighted by Crippen LogP contribution is 2.34. The molecule has 3 N–H and O–H groups in total. The van der Waals surface area contributed by atoms with E-state index in [4.69, 9.17) is 10.5 Å². The summed E-state index contributed by atoms with van der Waals surface area (Å²) in [6.45, 7) is 9.98. The molecule has 0 unspecified atom stereocenters. The maximum Gasteiger partial charge on any atom is 0.254 e. The Kier molecular flexibility index (Phi) is 7.53. The van der Waals surface area contributed by atoms with Gasteiger partial charge in [0.15, 0.2) is 5.82 Å². The van der Waals surface area contributed by atoms with Gasteiger partial charge in [-0.1, -0.05) is 19.9 Å². The Balaban J connectivity index is 1.58. The number of hydrogen-bond donors (Lipinski definition) is 2. The average molecular weight is 523 g/mol. The van der Waals surface area contributed by atoms with E-state index in [2.05, 4.69) is 38.9 Å². The van der Waals surface area contributed by atoms with Crippen LogP contribution in [0.2, 0.25) is 0 Å². The third-order valence-corrected chi connectivity index (χ3v) is 7.23. The van der Waals surface area contributed by atoms with Gasteiger partial charge in [0.1, 0.15) is 17.2 Å². The number of fused-ring (bicyclic) bond motifs is 1. The summed E-state index contributed by atoms with van der Waals surface area (Å²) in [4.78, 5) is 25.2. The van der Waals surface area contributed by atoms with E-state index in [-0.39, 0.29) is 22.8 Å². The van der Waals surface area contributed by atoms with Crippen LogP contribution in [0.1, 0.15) is 35.3 Å². The number of amides is 1. The molecule has 0 bridgehead atoms. The summed E-state index contributed by atoms with van der Waals surface area (Å²) in [6, 6.07) is 8.68. The minimum Gasteiger partial charge on any atom is -0.382 e. The Hall–Kier alpha value is -3.63. The maximum absolute atomic E-state index is 15.2. The van der Waals surface area contributed by atoms with Gasteiger partial charge in [-0.2, -0.15) is 9.37 Å². The Morgan fingerprint density at radius 3 is 2.55 bits per heavy atom. The lowest BCUT2D eigenvalue weighted by Gasteiger charge is -2.32. The molecule has 2 aliphatic rings. The van der Waals surface area contributed by atoms with E-state index >= 15 is 4.39 Å². The first-order valence-corrected chi connectivity index (χ1v) is 13.0. The van der Waals surface area contributed by atoms with Gasteiger partial charge in [-0.25, -0.2) is 9.37 Å². The van der Waals surface area contributed by atoms with Crippen LogP contribution >= 0.6 is 0 Å². The van der Waals surface area contributed by atoms with Crippen LogP contribution in [-0.2, 0) is 17.7 Å². The largest absolute Gasteiger partial charge is 0.382 e. The van der Waals surface area contributed by atoms with Crippen molar-refractivity contribution < 1.29 is 18.3 Å². The van der Waals surface area contributed by atoms with Crippen molar-refractivity contribution >= 4 is 17.4 Å². The Morgan fingerprint density at radius 1 is 1.05 bits per heavy atom. The topological polar surface area (TPSA) is 96.6 Å². The molecule has 1 fully saturated rings. The second-order valence-electron chi connectivity index (χ2n) is 9.50. The number of nitrogen functional groups attached to an aromatic ring is 1. The summed E-state index contributed by atoms with van der Waals surface area (Å²) in [5.74, 6) is -2.05. The molecule has 38 heavy (non-hydrogen) atoms. The summed E-state index contributed by atoms with van der Waals surface area (Å²) >= 11 is 0. The van der Waals surface area contributed by atoms with E-state index in [1.165, 1.54) is 6.07 Å². The number of ether oxygens (including phenoxy) is 1. The molecule has 0 radical (unpaired) electrons. The van der Waals surface area contributed by atoms with Crippen LogP contribution in [0.4, 0.5) is 20.3 Å². The number of hydrogen-bond acceptors (Lipinski definition) is 7. The van der Waals surface area contributed by atoms with Gasteiger partial charge >= 0.3 is 0 Å². The summed E-state index contributed by atoms with van der Waals surface area (Å²) in [5.41, 5.74) is 9.93. The highest BCUT2D eigenvalue weighted by atomic mass is 19.1. The smallest absolute Gasteiger partial charge is 0.254 e. The quantitative estimate of drug-likeness (QED) is 0.489. The van der Waals surface area contributed by atoms with Crippen molar-refractivity contribution in [3.63, 3.8) is 0 Å². The summed E-state index contributed by atoms with van der Waals surface area (Å²) < 4.78 is 35.7. The zero-order chi connectivity index (χ0) is 26.8. The molecule has 1 saturated heterocycles. The third kappa shape index (κ3) is 5.06. The number of carbonyl (C=O) groups excluding carboxylic acids is 1. The highest BCUT2D eigenvalue weighted by Gasteiger charge is 2.25. The molecule has 0 saturated carbocycles. The number of rotatable bonds is 7. The lowest BCUT2D eigenvalue weighted by molar-refractivity contribution is 0.0941. The van der Waals surface area contributed by atoms with E-state index in [9.17, 15) is 9.18 Å². The molecule has 0 spiro atoms. The maximum atomic E-state index is 15.2. The summed E-state index contributed by atoms with van der Waals surface area (Å²) in [6.07, 6.45) is 0.477. The lowest BCUT2D eigenvalue weighted by atomic mass is 9.95. The SMILES string of the molecule is CCN(CC)Cc1cc(-c2nc(-c3cc(F)c4c(c3)CCNC4=O)c(N)nc2F)ccc1N1CCOCC1. The van der Waals surface area contributed by atoms with Gasteiger partial charge in [0, 0.05) is 43.0 Å². The minimum atomic E-state index is -0.794. The van der Waals surface area contributed by atoms with Gasteiger partial charge in [0.25, 0.3) is 5.91 Å². The molecule has 2 aromatic carbocycles. The van der Waals surface area contributed by atoms with E-state index in [1.807, 2.05) is 18.2 Å². The molecule has 200 valence electrons. The van der Waals surface area contributed by atoms with Crippen molar-refractivity contribution in [3.05, 3.63) is 58.8 Å². The number of nitrogens with two attached hydrogens (primary N) is 1. The first-order valence-electron chi connectivity index (χ1n) is 13.0. The number of carbonyl (C=O) groups is 1. The Labute approximate surface area is 220 Å². The molecule has 2 aliphatic heterocycles. The summed E-state index contributed by atoms with van der Waals surface area (Å²) in [7, 11) is 0. The molecule has 0 atom stereocenters. The van der Waals surface area contributed by atoms with Gasteiger partial charge in [0.2, 0.25) is 5.95 Å². The third-order valence-electron chi connectivity index (χ3n) is 7.23. The van der Waals surface area contributed by atoms with Crippen LogP contribution in [0.25, 0.3) is 22.5 Å². The monoisotopic (exact) mass is 522 g/mol. The van der Waals surface area contributed by atoms with Crippen molar-refractivity contribution in [2.24, 2.45) is 0 Å². The molecule has 1 aromatic heterocycles. The number of nitrogens with one attached hydrogen (secondary N) is 1. The van der Waals surface area contributed by atoms with Gasteiger partial charge in [-0.05, 0) is 54.9 Å². The molecule has 10 heteroatoms. The molecule has 1 amide bonds. The fourth-order valence-corrected chi connectivity index (χ4v) is 5.13. The standard InChI is InChI=1S/C28H32F2N6O2/c1-3-35(4-2)16-20-14-18(5-6-22(20)36-9-11-38-12-10-36)24-26(30)34-27(31)25(33-24)19-13-17-7-8-32-28(37)23(17)21(29)15-19/h5-6,13-15H,3-4,7-12,16H2,1-2H3,(H2,31,34)(H,32,37). The number of aromatic nitrogens is 2. The van der Waals surface area contributed by atoms with Crippen LogP contribution < -0.4 is 16.0 Å². The van der Waals surface area contributed by atoms with Crippen molar-refractivity contribution in [2.75, 3.05) is 56.6 Å². The number of halogens is 2. The van der Waals surface area contributed by atoms with Crippen LogP contribution in [0, 0.1) is 11.8 Å². The van der Waals surface area contributed by atoms with Gasteiger partial charge in [-0.15, -0.1) is 0 Å². The average Bonchev–Trinajstić information content (AvgIpc) is 2.92. The number of anilines is 2. The molecule has 8 nitrogen and oxygen atoms in total. The minimum absolute atomic E-state index is 0.0219. The zero-order valence-corrected chi connectivity index (χ0v) is 21.7. The van der Waals surface area contributed by atoms with Crippen molar-refractivity contribution in [2.45, 2.75) is 26.8 Å². The van der Waals surface area contributed by atoms with Crippen LogP contribution in [0.15, 0.2) is 30.3 Å². The van der Waals surface area contributed by atoms with E-state index < -0.39 is 17.7 Å². The van der Waals surface area contributed by atoms with E-state index in [0.717, 1.165) is 37.4 Å². The highest BCUT2D eigenvalue weighted by molar-refractivity contribution is 5.97. The fraction of sp³-hybridized carbons (Fsp3) is 0.393. The van der Waals surface area contributed by atoms with Gasteiger partial charge in [-0.3, -0.25) is 9.69 Å². The molecule has 3 aromatic rings. The lowest BCUT2D eigenvalue weighted by Crippen LogP contribution is -2.37. The van der Waals surface area contributed by atoms with Crippen molar-refractivity contribution in [1.29, 1.82) is 0 Å². The number of morpholine rings is 1. The van der Waals surface area contributed by atoms with Crippen molar-refractivity contribution in [3.8, 4) is 22.5 Å². The Morgan fingerprint density at radius 2 is 1.82 bits per heavy atom. The van der Waals surface area contributed by atoms with E-state index in [0.29, 0.717) is 49.4 Å². The van der Waals surface area contributed by atoms with Crippen LogP contribution in [0.3, 0.4) is 0 Å². The molecule has 0 aliphatic carbocycles. The molecule has 3 heterocycles. The number of nitrogens with zero attached hydrogens (tertiary/aromatic N) is 4. The van der Waals surface area contributed by atoms with E-state index in [1.54, 1.807) is 6.07 Å².